The Morgan fingerprint density at radius 2 is 1.94 bits per heavy atom. The lowest BCUT2D eigenvalue weighted by atomic mass is 10.2. The highest BCUT2D eigenvalue weighted by Gasteiger charge is 2.13. The van der Waals surface area contributed by atoms with E-state index < -0.39 is 0 Å². The fraction of sp³-hybridized carbons (Fsp3) is 0.182. The number of ether oxygens (including phenoxy) is 1. The Morgan fingerprint density at radius 1 is 1.25 bits per heavy atom. The van der Waals surface area contributed by atoms with Gasteiger partial charge in [-0.25, -0.2) is 0 Å². The second-order valence-corrected chi connectivity index (χ2v) is 6.25. The maximum atomic E-state index is 5.13. The SMILES string of the molecule is COc1ccc(-c2cc(SC)[s+]s2)cc1.[I-]. The first-order valence-corrected chi connectivity index (χ1v) is 7.82. The lowest BCUT2D eigenvalue weighted by molar-refractivity contribution is -0.00000314. The predicted molar refractivity (Wildman–Crippen MR) is 70.4 cm³/mol. The molecular formula is C11H11IOS3. The molecule has 1 nitrogen and oxygen atoms in total. The highest BCUT2D eigenvalue weighted by molar-refractivity contribution is 8.02. The molecule has 0 N–H and O–H groups in total. The van der Waals surface area contributed by atoms with E-state index in [1.807, 2.05) is 32.8 Å². The van der Waals surface area contributed by atoms with Gasteiger partial charge >= 0.3 is 10.3 Å². The molecule has 5 heteroatoms. The topological polar surface area (TPSA) is 9.23 Å². The third kappa shape index (κ3) is 3.32. The highest BCUT2D eigenvalue weighted by atomic mass is 127. The predicted octanol–water partition coefficient (Wildman–Crippen LogP) is 1.49. The van der Waals surface area contributed by atoms with E-state index in [4.69, 9.17) is 4.74 Å². The number of hydrogen-bond donors (Lipinski definition) is 0. The molecule has 0 aliphatic heterocycles. The van der Waals surface area contributed by atoms with Crippen LogP contribution < -0.4 is 28.7 Å². The van der Waals surface area contributed by atoms with Gasteiger partial charge in [-0.3, -0.25) is 0 Å². The molecule has 0 saturated heterocycles. The first-order chi connectivity index (χ1) is 7.33. The van der Waals surface area contributed by atoms with Crippen LogP contribution in [0.1, 0.15) is 0 Å². The molecule has 0 bridgehead atoms. The summed E-state index contributed by atoms with van der Waals surface area (Å²) in [5, 5.41) is 0. The van der Waals surface area contributed by atoms with Gasteiger partial charge in [0.05, 0.1) is 12.0 Å². The van der Waals surface area contributed by atoms with E-state index in [9.17, 15) is 0 Å². The minimum atomic E-state index is 0. The molecule has 1 heterocycles. The second kappa shape index (κ2) is 6.78. The van der Waals surface area contributed by atoms with E-state index in [1.165, 1.54) is 14.6 Å². The number of thioether (sulfide) groups is 1. The lowest BCUT2D eigenvalue weighted by Gasteiger charge is -1.99. The van der Waals surface area contributed by atoms with Crippen molar-refractivity contribution in [2.75, 3.05) is 13.4 Å². The van der Waals surface area contributed by atoms with Crippen molar-refractivity contribution in [3.05, 3.63) is 30.3 Å². The summed E-state index contributed by atoms with van der Waals surface area (Å²) < 4.78 is 6.50. The molecule has 1 aromatic heterocycles. The van der Waals surface area contributed by atoms with Crippen LogP contribution in [0.25, 0.3) is 10.4 Å². The minimum Gasteiger partial charge on any atom is -1.00 e. The summed E-state index contributed by atoms with van der Waals surface area (Å²) in [6.07, 6.45) is 2.11. The van der Waals surface area contributed by atoms with Gasteiger partial charge in [0.15, 0.2) is 10.3 Å². The van der Waals surface area contributed by atoms with Crippen molar-refractivity contribution in [1.82, 2.24) is 0 Å². The monoisotopic (exact) mass is 382 g/mol. The van der Waals surface area contributed by atoms with Crippen LogP contribution in [0.3, 0.4) is 0 Å². The van der Waals surface area contributed by atoms with Gasteiger partial charge in [0.2, 0.25) is 0 Å². The van der Waals surface area contributed by atoms with Gasteiger partial charge in [-0.1, -0.05) is 11.8 Å². The third-order valence-corrected chi connectivity index (χ3v) is 5.85. The molecular weight excluding hydrogens is 371 g/mol. The number of rotatable bonds is 3. The Labute approximate surface area is 124 Å². The molecule has 0 saturated carbocycles. The highest BCUT2D eigenvalue weighted by Crippen LogP contribution is 2.36. The molecule has 0 unspecified atom stereocenters. The van der Waals surface area contributed by atoms with E-state index in [1.54, 1.807) is 18.9 Å². The normalized spacial score (nSPS) is 9.62. The molecule has 0 atom stereocenters. The van der Waals surface area contributed by atoms with E-state index in [-0.39, 0.29) is 24.0 Å². The number of benzene rings is 1. The fourth-order valence-corrected chi connectivity index (χ4v) is 4.63. The lowest BCUT2D eigenvalue weighted by Crippen LogP contribution is -3.00. The standard InChI is InChI=1S/C11H11OS3.HI/c1-12-9-5-3-8(4-6-9)10-7-11(13-2)15-14-10;/h3-7H,1-2H3;1H/q+1;/p-1. The summed E-state index contributed by atoms with van der Waals surface area (Å²) in [6, 6.07) is 10.4. The molecule has 0 spiro atoms. The summed E-state index contributed by atoms with van der Waals surface area (Å²) in [7, 11) is 5.34. The van der Waals surface area contributed by atoms with E-state index in [0.717, 1.165) is 5.75 Å². The first-order valence-electron chi connectivity index (χ1n) is 4.45. The third-order valence-electron chi connectivity index (χ3n) is 2.04. The molecule has 1 aromatic carbocycles. The number of methoxy groups -OCH3 is 1. The summed E-state index contributed by atoms with van der Waals surface area (Å²) in [6.45, 7) is 0. The van der Waals surface area contributed by atoms with Crippen molar-refractivity contribution in [3.63, 3.8) is 0 Å². The smallest absolute Gasteiger partial charge is 0.308 e. The van der Waals surface area contributed by atoms with Gasteiger partial charge in [0, 0.05) is 6.07 Å². The summed E-state index contributed by atoms with van der Waals surface area (Å²) in [5.41, 5.74) is 1.26. The quantitative estimate of drug-likeness (QED) is 0.344. The number of hydrogen-bond acceptors (Lipinski definition) is 3. The Balaban J connectivity index is 0.00000128. The van der Waals surface area contributed by atoms with Crippen molar-refractivity contribution in [3.8, 4) is 16.2 Å². The van der Waals surface area contributed by atoms with E-state index >= 15 is 0 Å². The van der Waals surface area contributed by atoms with Crippen molar-refractivity contribution in [2.45, 2.75) is 4.21 Å². The van der Waals surface area contributed by atoms with Crippen molar-refractivity contribution in [1.29, 1.82) is 0 Å². The minimum absolute atomic E-state index is 0. The molecule has 0 amide bonds. The van der Waals surface area contributed by atoms with Crippen LogP contribution in [-0.2, 0) is 0 Å². The Kier molecular flexibility index (Phi) is 6.02. The average molecular weight is 382 g/mol. The zero-order valence-electron chi connectivity index (χ0n) is 8.90. The van der Waals surface area contributed by atoms with E-state index in [2.05, 4.69) is 24.5 Å². The van der Waals surface area contributed by atoms with Gasteiger partial charge in [0.25, 0.3) is 4.21 Å². The van der Waals surface area contributed by atoms with Gasteiger partial charge in [-0.15, -0.1) is 0 Å². The zero-order chi connectivity index (χ0) is 10.7. The van der Waals surface area contributed by atoms with Crippen LogP contribution in [0.2, 0.25) is 0 Å². The molecule has 0 aliphatic rings. The first kappa shape index (κ1) is 14.2. The fourth-order valence-electron chi connectivity index (χ4n) is 1.22. The molecule has 16 heavy (non-hydrogen) atoms. The van der Waals surface area contributed by atoms with Gasteiger partial charge in [-0.05, 0) is 36.1 Å². The number of halogens is 1. The van der Waals surface area contributed by atoms with Crippen LogP contribution in [0, 0.1) is 0 Å². The Bertz CT molecular complexity index is 439. The second-order valence-electron chi connectivity index (χ2n) is 2.93. The molecule has 86 valence electrons. The summed E-state index contributed by atoms with van der Waals surface area (Å²) in [5.74, 6) is 0.907. The molecule has 2 aromatic rings. The Morgan fingerprint density at radius 3 is 2.44 bits per heavy atom. The van der Waals surface area contributed by atoms with Crippen LogP contribution in [-0.4, -0.2) is 13.4 Å². The zero-order valence-corrected chi connectivity index (χ0v) is 13.5. The summed E-state index contributed by atoms with van der Waals surface area (Å²) >= 11 is 1.80. The van der Waals surface area contributed by atoms with Gasteiger partial charge < -0.3 is 28.7 Å². The molecule has 0 radical (unpaired) electrons. The molecule has 0 fully saturated rings. The van der Waals surface area contributed by atoms with Gasteiger partial charge in [0.1, 0.15) is 5.75 Å². The molecule has 0 aliphatic carbocycles. The van der Waals surface area contributed by atoms with Crippen molar-refractivity contribution in [2.24, 2.45) is 0 Å². The van der Waals surface area contributed by atoms with Crippen molar-refractivity contribution < 1.29 is 28.7 Å². The average Bonchev–Trinajstić information content (AvgIpc) is 2.78. The largest absolute Gasteiger partial charge is 1.00 e. The Hall–Kier alpha value is 0.150. The van der Waals surface area contributed by atoms with Crippen LogP contribution >= 0.6 is 32.4 Å². The maximum Gasteiger partial charge on any atom is 0.308 e. The van der Waals surface area contributed by atoms with Crippen molar-refractivity contribution >= 4 is 32.4 Å². The maximum absolute atomic E-state index is 5.13. The summed E-state index contributed by atoms with van der Waals surface area (Å²) in [4.78, 5) is 1.33. The van der Waals surface area contributed by atoms with Crippen LogP contribution in [0.5, 0.6) is 5.75 Å². The van der Waals surface area contributed by atoms with Crippen LogP contribution in [0.4, 0.5) is 0 Å². The van der Waals surface area contributed by atoms with E-state index in [0.29, 0.717) is 0 Å². The van der Waals surface area contributed by atoms with Crippen LogP contribution in [0.15, 0.2) is 34.5 Å². The molecule has 2 rings (SSSR count). The van der Waals surface area contributed by atoms with Gasteiger partial charge in [-0.2, -0.15) is 0 Å².